The summed E-state index contributed by atoms with van der Waals surface area (Å²) in [6.45, 7) is 5.82. The SMILES string of the molecule is CCOC(=O)/C=C/C1=NC(=C(/C)c2c3c(c(/C=C/C(=O)OCC)n2B(F)F)CCCC3)/C2=C1CCCC2. The molecule has 1 aromatic heterocycles. The van der Waals surface area contributed by atoms with Crippen LogP contribution in [0.3, 0.4) is 0 Å². The lowest BCUT2D eigenvalue weighted by Crippen LogP contribution is -2.18. The van der Waals surface area contributed by atoms with E-state index in [1.807, 2.05) is 6.92 Å². The fourth-order valence-corrected chi connectivity index (χ4v) is 5.59. The predicted octanol–water partition coefficient (Wildman–Crippen LogP) is 5.89. The number of rotatable bonds is 8. The lowest BCUT2D eigenvalue weighted by Gasteiger charge is -2.18. The van der Waals surface area contributed by atoms with Crippen LogP contribution in [-0.2, 0) is 31.9 Å². The maximum Gasteiger partial charge on any atom is 0.678 e. The van der Waals surface area contributed by atoms with E-state index in [-0.39, 0.29) is 13.2 Å². The molecular weight excluding hydrogens is 477 g/mol. The number of fused-ring (bicyclic) bond motifs is 1. The number of ether oxygens (including phenoxy) is 2. The Bertz CT molecular complexity index is 1240. The highest BCUT2D eigenvalue weighted by molar-refractivity contribution is 6.42. The summed E-state index contributed by atoms with van der Waals surface area (Å²) in [5.74, 6) is -0.989. The fraction of sp³-hybridized carbons (Fsp3) is 0.464. The number of nitrogens with zero attached hydrogens (tertiary/aromatic N) is 2. The zero-order valence-electron chi connectivity index (χ0n) is 21.7. The Balaban J connectivity index is 1.87. The van der Waals surface area contributed by atoms with Gasteiger partial charge in [0.25, 0.3) is 0 Å². The highest BCUT2D eigenvalue weighted by Gasteiger charge is 2.34. The molecule has 0 atom stereocenters. The molecule has 0 bridgehead atoms. The molecule has 0 unspecified atom stereocenters. The van der Waals surface area contributed by atoms with E-state index in [1.165, 1.54) is 18.2 Å². The van der Waals surface area contributed by atoms with Gasteiger partial charge in [-0.25, -0.2) is 14.6 Å². The lowest BCUT2D eigenvalue weighted by molar-refractivity contribution is -0.138. The predicted molar refractivity (Wildman–Crippen MR) is 141 cm³/mol. The molecule has 1 aromatic rings. The number of allylic oxidation sites excluding steroid dienone is 4. The van der Waals surface area contributed by atoms with Crippen molar-refractivity contribution in [1.29, 1.82) is 0 Å². The molecule has 2 heterocycles. The first-order valence-electron chi connectivity index (χ1n) is 13.1. The first-order valence-corrected chi connectivity index (χ1v) is 13.1. The van der Waals surface area contributed by atoms with Crippen molar-refractivity contribution in [2.75, 3.05) is 13.2 Å². The summed E-state index contributed by atoms with van der Waals surface area (Å²) >= 11 is 0. The van der Waals surface area contributed by atoms with Gasteiger partial charge in [0.1, 0.15) is 0 Å². The molecule has 0 N–H and O–H groups in total. The minimum absolute atomic E-state index is 0.218. The van der Waals surface area contributed by atoms with Crippen LogP contribution >= 0.6 is 0 Å². The third-order valence-electron chi connectivity index (χ3n) is 7.09. The highest BCUT2D eigenvalue weighted by atomic mass is 19.2. The Kier molecular flexibility index (Phi) is 8.61. The molecule has 3 aliphatic rings. The lowest BCUT2D eigenvalue weighted by atomic mass is 9.86. The Morgan fingerprint density at radius 2 is 1.46 bits per heavy atom. The number of esters is 2. The van der Waals surface area contributed by atoms with Crippen LogP contribution in [0, 0.1) is 0 Å². The second kappa shape index (κ2) is 11.9. The zero-order valence-corrected chi connectivity index (χ0v) is 21.7. The molecule has 0 radical (unpaired) electrons. The minimum Gasteiger partial charge on any atom is -0.463 e. The van der Waals surface area contributed by atoms with E-state index in [9.17, 15) is 18.2 Å². The van der Waals surface area contributed by atoms with Crippen molar-refractivity contribution < 1.29 is 27.7 Å². The van der Waals surface area contributed by atoms with Crippen LogP contribution in [0.5, 0.6) is 0 Å². The first kappa shape index (κ1) is 26.8. The summed E-state index contributed by atoms with van der Waals surface area (Å²) in [5, 5.41) is 0. The standard InChI is InChI=1S/C28H33BF2N2O4/c1-4-36-25(34)16-14-23-19-10-6-8-12-21(19)27(32-23)18(3)28-22-13-9-7-11-20(22)24(33(28)29(30)31)15-17-26(35)37-5-2/h14-17H,4-13H2,1-3H3/b16-14+,17-15+,27-18-. The van der Waals surface area contributed by atoms with Gasteiger partial charge in [0.05, 0.1) is 24.6 Å². The number of carbonyl (C=O) groups is 2. The summed E-state index contributed by atoms with van der Waals surface area (Å²) < 4.78 is 40.4. The average molecular weight is 510 g/mol. The molecule has 1 aliphatic heterocycles. The number of carbonyl (C=O) groups excluding carboxylic acids is 2. The van der Waals surface area contributed by atoms with E-state index in [1.54, 1.807) is 19.9 Å². The Morgan fingerprint density at radius 1 is 0.892 bits per heavy atom. The van der Waals surface area contributed by atoms with Crippen molar-refractivity contribution in [3.8, 4) is 0 Å². The molecular formula is C28H33BF2N2O4. The number of hydrogen-bond donors (Lipinski definition) is 0. The van der Waals surface area contributed by atoms with Crippen LogP contribution in [-0.4, -0.2) is 42.7 Å². The van der Waals surface area contributed by atoms with Gasteiger partial charge in [-0.05, 0) is 112 Å². The van der Waals surface area contributed by atoms with Crippen LogP contribution in [0.2, 0.25) is 0 Å². The van der Waals surface area contributed by atoms with Gasteiger partial charge < -0.3 is 14.0 Å². The maximum absolute atomic E-state index is 14.7. The van der Waals surface area contributed by atoms with Crippen molar-refractivity contribution in [2.45, 2.75) is 72.1 Å². The summed E-state index contributed by atoms with van der Waals surface area (Å²) in [6.07, 6.45) is 12.6. The fourth-order valence-electron chi connectivity index (χ4n) is 5.59. The largest absolute Gasteiger partial charge is 0.678 e. The minimum atomic E-state index is -2.79. The van der Waals surface area contributed by atoms with Gasteiger partial charge in [-0.1, -0.05) is 0 Å². The van der Waals surface area contributed by atoms with Gasteiger partial charge in [0.2, 0.25) is 0 Å². The molecule has 0 saturated heterocycles. The van der Waals surface area contributed by atoms with Gasteiger partial charge >= 0.3 is 19.3 Å². The molecule has 37 heavy (non-hydrogen) atoms. The van der Waals surface area contributed by atoms with E-state index in [2.05, 4.69) is 0 Å². The van der Waals surface area contributed by atoms with Gasteiger partial charge in [0, 0.05) is 23.5 Å². The normalized spacial score (nSPS) is 18.7. The Morgan fingerprint density at radius 3 is 2.08 bits per heavy atom. The maximum atomic E-state index is 14.7. The van der Waals surface area contributed by atoms with Gasteiger partial charge in [-0.2, -0.15) is 0 Å². The van der Waals surface area contributed by atoms with Gasteiger partial charge in [0.15, 0.2) is 0 Å². The summed E-state index contributed by atoms with van der Waals surface area (Å²) in [6, 6.07) is 0. The van der Waals surface area contributed by atoms with Crippen LogP contribution in [0.4, 0.5) is 8.63 Å². The molecule has 4 rings (SSSR count). The molecule has 0 aromatic carbocycles. The first-order chi connectivity index (χ1) is 17.9. The van der Waals surface area contributed by atoms with Crippen molar-refractivity contribution in [3.63, 3.8) is 0 Å². The van der Waals surface area contributed by atoms with Crippen molar-refractivity contribution in [2.24, 2.45) is 4.99 Å². The number of hydrogen-bond acceptors (Lipinski definition) is 5. The summed E-state index contributed by atoms with van der Waals surface area (Å²) in [5.41, 5.74) is 6.87. The molecule has 0 fully saturated rings. The van der Waals surface area contributed by atoms with Crippen molar-refractivity contribution in [1.82, 2.24) is 4.48 Å². The van der Waals surface area contributed by atoms with E-state index in [0.29, 0.717) is 41.2 Å². The number of aromatic nitrogens is 1. The van der Waals surface area contributed by atoms with E-state index >= 15 is 0 Å². The van der Waals surface area contributed by atoms with Crippen molar-refractivity contribution >= 4 is 36.7 Å². The molecule has 0 spiro atoms. The van der Waals surface area contributed by atoms with E-state index in [4.69, 9.17) is 14.5 Å². The van der Waals surface area contributed by atoms with Crippen molar-refractivity contribution in [3.05, 3.63) is 57.6 Å². The second-order valence-corrected chi connectivity index (χ2v) is 9.35. The van der Waals surface area contributed by atoms with E-state index < -0.39 is 19.3 Å². The smallest absolute Gasteiger partial charge is 0.463 e. The topological polar surface area (TPSA) is 69.9 Å². The second-order valence-electron chi connectivity index (χ2n) is 9.35. The van der Waals surface area contributed by atoms with Gasteiger partial charge in [-0.15, -0.1) is 0 Å². The van der Waals surface area contributed by atoms with Crippen LogP contribution < -0.4 is 0 Å². The monoisotopic (exact) mass is 510 g/mol. The molecule has 0 saturated carbocycles. The summed E-state index contributed by atoms with van der Waals surface area (Å²) in [4.78, 5) is 28.8. The molecule has 9 heteroatoms. The van der Waals surface area contributed by atoms with Crippen LogP contribution in [0.1, 0.15) is 81.8 Å². The number of halogens is 2. The molecule has 2 aliphatic carbocycles. The number of aliphatic imine (C=N–C) groups is 1. The highest BCUT2D eigenvalue weighted by Crippen LogP contribution is 2.43. The summed E-state index contributed by atoms with van der Waals surface area (Å²) in [7, 11) is -2.79. The van der Waals surface area contributed by atoms with Crippen LogP contribution in [0.25, 0.3) is 11.6 Å². The molecule has 196 valence electrons. The zero-order chi connectivity index (χ0) is 26.5. The van der Waals surface area contributed by atoms with Gasteiger partial charge in [-0.3, -0.25) is 8.63 Å². The molecule has 0 amide bonds. The average Bonchev–Trinajstić information content (AvgIpc) is 3.42. The Labute approximate surface area is 217 Å². The third kappa shape index (κ3) is 5.55. The van der Waals surface area contributed by atoms with Crippen LogP contribution in [0.15, 0.2) is 40.1 Å². The third-order valence-corrected chi connectivity index (χ3v) is 7.09. The quantitative estimate of drug-likeness (QED) is 0.249. The Hall–Kier alpha value is -3.23. The molecule has 6 nitrogen and oxygen atoms in total. The van der Waals surface area contributed by atoms with E-state index in [0.717, 1.165) is 65.3 Å².